The molecule has 0 unspecified atom stereocenters. The van der Waals surface area contributed by atoms with Crippen LogP contribution in [-0.4, -0.2) is 26.3 Å². The summed E-state index contributed by atoms with van der Waals surface area (Å²) in [7, 11) is 0. The summed E-state index contributed by atoms with van der Waals surface area (Å²) in [6, 6.07) is 11.0. The molecule has 0 saturated carbocycles. The normalized spacial score (nSPS) is 11.4. The van der Waals surface area contributed by atoms with E-state index in [0.717, 1.165) is 30.5 Å². The zero-order valence-corrected chi connectivity index (χ0v) is 12.9. The van der Waals surface area contributed by atoms with E-state index in [4.69, 9.17) is 4.74 Å². The fourth-order valence-corrected chi connectivity index (χ4v) is 2.36. The average molecular weight is 289 g/mol. The summed E-state index contributed by atoms with van der Waals surface area (Å²) in [5.74, 6) is 0.503. The second-order valence-corrected chi connectivity index (χ2v) is 5.71. The summed E-state index contributed by atoms with van der Waals surface area (Å²) >= 11 is 0. The summed E-state index contributed by atoms with van der Waals surface area (Å²) in [6.45, 7) is 7.65. The van der Waals surface area contributed by atoms with Gasteiger partial charge >= 0.3 is 0 Å². The summed E-state index contributed by atoms with van der Waals surface area (Å²) in [4.78, 5) is 0. The Morgan fingerprint density at radius 3 is 2.57 bits per heavy atom. The fourth-order valence-electron chi connectivity index (χ4n) is 2.36. The number of fused-ring (bicyclic) bond motifs is 1. The van der Waals surface area contributed by atoms with Crippen molar-refractivity contribution in [1.82, 2.24) is 5.32 Å². The van der Waals surface area contributed by atoms with Crippen molar-refractivity contribution in [2.45, 2.75) is 20.3 Å². The Hall–Kier alpha value is -1.45. The third kappa shape index (κ3) is 4.80. The highest BCUT2D eigenvalue weighted by Gasteiger charge is 2.05. The lowest BCUT2D eigenvalue weighted by molar-refractivity contribution is 0.138. The highest BCUT2D eigenvalue weighted by molar-refractivity contribution is 5.86. The van der Waals surface area contributed by atoms with E-state index < -0.39 is 0 Å². The van der Waals surface area contributed by atoms with Gasteiger partial charge in [-0.25, -0.2) is 4.39 Å². The maximum Gasteiger partial charge on any atom is 0.131 e. The van der Waals surface area contributed by atoms with Crippen molar-refractivity contribution < 1.29 is 9.13 Å². The maximum absolute atomic E-state index is 13.7. The van der Waals surface area contributed by atoms with Gasteiger partial charge in [-0.15, -0.1) is 0 Å². The van der Waals surface area contributed by atoms with Crippen molar-refractivity contribution >= 4 is 10.8 Å². The molecule has 0 atom stereocenters. The highest BCUT2D eigenvalue weighted by Crippen LogP contribution is 2.22. The number of nitrogens with one attached hydrogen (secondary N) is 1. The molecule has 0 aliphatic carbocycles. The van der Waals surface area contributed by atoms with Crippen LogP contribution < -0.4 is 5.32 Å². The van der Waals surface area contributed by atoms with Gasteiger partial charge in [-0.3, -0.25) is 0 Å². The Balaban J connectivity index is 1.80. The number of hydrogen-bond acceptors (Lipinski definition) is 2. The Morgan fingerprint density at radius 1 is 1.05 bits per heavy atom. The lowest BCUT2D eigenvalue weighted by Crippen LogP contribution is -2.24. The second kappa shape index (κ2) is 8.11. The van der Waals surface area contributed by atoms with E-state index in [1.54, 1.807) is 6.07 Å². The van der Waals surface area contributed by atoms with Gasteiger partial charge in [0.05, 0.1) is 13.2 Å². The first-order valence-corrected chi connectivity index (χ1v) is 7.63. The molecule has 0 aliphatic rings. The number of hydrogen-bond donors (Lipinski definition) is 1. The van der Waals surface area contributed by atoms with Crippen LogP contribution in [0.3, 0.4) is 0 Å². The first kappa shape index (κ1) is 15.9. The zero-order valence-electron chi connectivity index (χ0n) is 12.9. The quantitative estimate of drug-likeness (QED) is 0.747. The van der Waals surface area contributed by atoms with Gasteiger partial charge in [0.2, 0.25) is 0 Å². The van der Waals surface area contributed by atoms with Crippen LogP contribution in [0.25, 0.3) is 10.8 Å². The molecule has 2 nitrogen and oxygen atoms in total. The van der Waals surface area contributed by atoms with Gasteiger partial charge in [0.1, 0.15) is 5.82 Å². The Kier molecular flexibility index (Phi) is 6.15. The van der Waals surface area contributed by atoms with Crippen molar-refractivity contribution in [3.63, 3.8) is 0 Å². The summed E-state index contributed by atoms with van der Waals surface area (Å²) in [5, 5.41) is 5.02. The SMILES string of the molecule is CC(C)CNCCOCCc1ccc(F)c2ccccc12. The van der Waals surface area contributed by atoms with Crippen LogP contribution >= 0.6 is 0 Å². The first-order chi connectivity index (χ1) is 10.2. The van der Waals surface area contributed by atoms with E-state index in [-0.39, 0.29) is 5.82 Å². The van der Waals surface area contributed by atoms with Crippen LogP contribution in [0.2, 0.25) is 0 Å². The van der Waals surface area contributed by atoms with Crippen molar-refractivity contribution in [2.75, 3.05) is 26.3 Å². The molecule has 0 heterocycles. The van der Waals surface area contributed by atoms with Gasteiger partial charge in [-0.2, -0.15) is 0 Å². The van der Waals surface area contributed by atoms with Crippen LogP contribution in [0.15, 0.2) is 36.4 Å². The molecule has 0 spiro atoms. The molecule has 2 rings (SSSR count). The minimum absolute atomic E-state index is 0.159. The molecule has 0 saturated heterocycles. The van der Waals surface area contributed by atoms with Gasteiger partial charge in [0, 0.05) is 11.9 Å². The third-order valence-corrected chi connectivity index (χ3v) is 3.45. The predicted octanol–water partition coefficient (Wildman–Crippen LogP) is 3.78. The topological polar surface area (TPSA) is 21.3 Å². The van der Waals surface area contributed by atoms with E-state index >= 15 is 0 Å². The van der Waals surface area contributed by atoms with Gasteiger partial charge in [0.15, 0.2) is 0 Å². The Bertz CT molecular complexity index is 568. The molecule has 0 radical (unpaired) electrons. The molecule has 0 aromatic heterocycles. The van der Waals surface area contributed by atoms with Crippen molar-refractivity contribution in [3.05, 3.63) is 47.8 Å². The van der Waals surface area contributed by atoms with Crippen LogP contribution in [0.5, 0.6) is 0 Å². The molecular weight excluding hydrogens is 265 g/mol. The molecule has 0 aliphatic heterocycles. The van der Waals surface area contributed by atoms with Crippen LogP contribution in [0.4, 0.5) is 4.39 Å². The number of rotatable bonds is 8. The monoisotopic (exact) mass is 289 g/mol. The molecule has 2 aromatic rings. The van der Waals surface area contributed by atoms with E-state index in [2.05, 4.69) is 19.2 Å². The van der Waals surface area contributed by atoms with Crippen LogP contribution in [-0.2, 0) is 11.2 Å². The Labute approximate surface area is 126 Å². The molecule has 0 amide bonds. The van der Waals surface area contributed by atoms with Crippen LogP contribution in [0, 0.1) is 11.7 Å². The molecular formula is C18H24FNO. The number of halogens is 1. The van der Waals surface area contributed by atoms with Crippen molar-refractivity contribution in [1.29, 1.82) is 0 Å². The lowest BCUT2D eigenvalue weighted by atomic mass is 10.0. The number of benzene rings is 2. The Morgan fingerprint density at radius 2 is 1.81 bits per heavy atom. The van der Waals surface area contributed by atoms with Crippen LogP contribution in [0.1, 0.15) is 19.4 Å². The van der Waals surface area contributed by atoms with E-state index in [1.807, 2.05) is 30.3 Å². The standard InChI is InChI=1S/C18H24FNO/c1-14(2)13-20-10-12-21-11-9-15-7-8-18(19)17-6-4-3-5-16(15)17/h3-8,14,20H,9-13H2,1-2H3. The van der Waals surface area contributed by atoms with Gasteiger partial charge in [-0.05, 0) is 35.9 Å². The zero-order chi connectivity index (χ0) is 15.1. The molecule has 0 fully saturated rings. The molecule has 2 aromatic carbocycles. The lowest BCUT2D eigenvalue weighted by Gasteiger charge is -2.09. The summed E-state index contributed by atoms with van der Waals surface area (Å²) in [6.07, 6.45) is 0.810. The minimum Gasteiger partial charge on any atom is -0.380 e. The smallest absolute Gasteiger partial charge is 0.131 e. The largest absolute Gasteiger partial charge is 0.380 e. The molecule has 3 heteroatoms. The first-order valence-electron chi connectivity index (χ1n) is 7.63. The van der Waals surface area contributed by atoms with Gasteiger partial charge < -0.3 is 10.1 Å². The predicted molar refractivity (Wildman–Crippen MR) is 86.1 cm³/mol. The third-order valence-electron chi connectivity index (χ3n) is 3.45. The molecule has 1 N–H and O–H groups in total. The molecule has 21 heavy (non-hydrogen) atoms. The van der Waals surface area contributed by atoms with Crippen molar-refractivity contribution in [3.8, 4) is 0 Å². The highest BCUT2D eigenvalue weighted by atomic mass is 19.1. The maximum atomic E-state index is 13.7. The summed E-state index contributed by atoms with van der Waals surface area (Å²) in [5.41, 5.74) is 1.14. The number of ether oxygens (including phenoxy) is 1. The molecule has 0 bridgehead atoms. The van der Waals surface area contributed by atoms with Crippen molar-refractivity contribution in [2.24, 2.45) is 5.92 Å². The van der Waals surface area contributed by atoms with E-state index in [1.165, 1.54) is 0 Å². The van der Waals surface area contributed by atoms with E-state index in [0.29, 0.717) is 24.5 Å². The molecule has 114 valence electrons. The van der Waals surface area contributed by atoms with E-state index in [9.17, 15) is 4.39 Å². The second-order valence-electron chi connectivity index (χ2n) is 5.71. The fraction of sp³-hybridized carbons (Fsp3) is 0.444. The minimum atomic E-state index is -0.159. The summed E-state index contributed by atoms with van der Waals surface area (Å²) < 4.78 is 19.4. The average Bonchev–Trinajstić information content (AvgIpc) is 2.48. The van der Waals surface area contributed by atoms with Gasteiger partial charge in [0.25, 0.3) is 0 Å². The van der Waals surface area contributed by atoms with Gasteiger partial charge in [-0.1, -0.05) is 44.2 Å².